The first-order valence-corrected chi connectivity index (χ1v) is 6.32. The first kappa shape index (κ1) is 16.2. The van der Waals surface area contributed by atoms with E-state index in [2.05, 4.69) is 19.2 Å². The van der Waals surface area contributed by atoms with Crippen LogP contribution in [0.5, 0.6) is 0 Å². The SMILES string of the molecule is CC(C)CC(CCO)CNC(=O)OC(C)(C)C. The highest BCUT2D eigenvalue weighted by Gasteiger charge is 2.17. The van der Waals surface area contributed by atoms with Crippen LogP contribution in [-0.4, -0.2) is 30.0 Å². The molecule has 2 N–H and O–H groups in total. The molecule has 4 heteroatoms. The Morgan fingerprint density at radius 1 is 1.35 bits per heavy atom. The van der Waals surface area contributed by atoms with Crippen LogP contribution in [0, 0.1) is 11.8 Å². The molecule has 0 aliphatic rings. The number of amides is 1. The first-order valence-electron chi connectivity index (χ1n) is 6.32. The summed E-state index contributed by atoms with van der Waals surface area (Å²) in [7, 11) is 0. The summed E-state index contributed by atoms with van der Waals surface area (Å²) in [4.78, 5) is 11.5. The summed E-state index contributed by atoms with van der Waals surface area (Å²) in [6.45, 7) is 10.5. The predicted molar refractivity (Wildman–Crippen MR) is 68.9 cm³/mol. The van der Waals surface area contributed by atoms with Crippen LogP contribution in [0.3, 0.4) is 0 Å². The second-order valence-corrected chi connectivity index (χ2v) is 5.89. The molecule has 4 nitrogen and oxygen atoms in total. The van der Waals surface area contributed by atoms with Crippen LogP contribution in [0.2, 0.25) is 0 Å². The van der Waals surface area contributed by atoms with Gasteiger partial charge in [-0.1, -0.05) is 13.8 Å². The lowest BCUT2D eigenvalue weighted by Crippen LogP contribution is -2.35. The second-order valence-electron chi connectivity index (χ2n) is 5.89. The Morgan fingerprint density at radius 2 is 1.94 bits per heavy atom. The molecule has 0 rings (SSSR count). The van der Waals surface area contributed by atoms with Crippen LogP contribution in [0.15, 0.2) is 0 Å². The summed E-state index contributed by atoms with van der Waals surface area (Å²) in [5.41, 5.74) is -0.464. The number of hydrogen-bond donors (Lipinski definition) is 2. The molecule has 102 valence electrons. The smallest absolute Gasteiger partial charge is 0.407 e. The Kier molecular flexibility index (Phi) is 7.19. The predicted octanol–water partition coefficient (Wildman–Crippen LogP) is 2.56. The van der Waals surface area contributed by atoms with Crippen molar-refractivity contribution in [3.63, 3.8) is 0 Å². The van der Waals surface area contributed by atoms with Crippen LogP contribution in [0.4, 0.5) is 4.79 Å². The molecule has 1 atom stereocenters. The average molecular weight is 245 g/mol. The Hall–Kier alpha value is -0.770. The first-order chi connectivity index (χ1) is 7.74. The lowest BCUT2D eigenvalue weighted by Gasteiger charge is -2.22. The maximum absolute atomic E-state index is 11.5. The molecule has 0 bridgehead atoms. The molecule has 1 unspecified atom stereocenters. The number of hydrogen-bond acceptors (Lipinski definition) is 3. The fourth-order valence-corrected chi connectivity index (χ4v) is 1.69. The molecular weight excluding hydrogens is 218 g/mol. The summed E-state index contributed by atoms with van der Waals surface area (Å²) < 4.78 is 5.16. The lowest BCUT2D eigenvalue weighted by atomic mass is 9.94. The fraction of sp³-hybridized carbons (Fsp3) is 0.923. The number of ether oxygens (including phenoxy) is 1. The summed E-state index contributed by atoms with van der Waals surface area (Å²) >= 11 is 0. The normalized spacial score (nSPS) is 13.6. The van der Waals surface area contributed by atoms with Crippen LogP contribution in [0.1, 0.15) is 47.5 Å². The number of nitrogens with one attached hydrogen (secondary N) is 1. The van der Waals surface area contributed by atoms with E-state index >= 15 is 0 Å². The van der Waals surface area contributed by atoms with Gasteiger partial charge in [0, 0.05) is 13.2 Å². The van der Waals surface area contributed by atoms with Crippen molar-refractivity contribution in [3.8, 4) is 0 Å². The van der Waals surface area contributed by atoms with Crippen molar-refractivity contribution in [2.24, 2.45) is 11.8 Å². The summed E-state index contributed by atoms with van der Waals surface area (Å²) in [6.07, 6.45) is 1.33. The van der Waals surface area contributed by atoms with E-state index in [1.165, 1.54) is 0 Å². The number of alkyl carbamates (subject to hydrolysis) is 1. The molecular formula is C13H27NO3. The molecule has 0 radical (unpaired) electrons. The van der Waals surface area contributed by atoms with E-state index in [1.807, 2.05) is 20.8 Å². The number of carbonyl (C=O) groups excluding carboxylic acids is 1. The molecule has 0 aliphatic carbocycles. The second kappa shape index (κ2) is 7.54. The zero-order valence-corrected chi connectivity index (χ0v) is 11.7. The van der Waals surface area contributed by atoms with Gasteiger partial charge in [0.15, 0.2) is 0 Å². The maximum Gasteiger partial charge on any atom is 0.407 e. The molecule has 0 saturated heterocycles. The quantitative estimate of drug-likeness (QED) is 0.756. The van der Waals surface area contributed by atoms with E-state index in [0.29, 0.717) is 24.8 Å². The highest BCUT2D eigenvalue weighted by molar-refractivity contribution is 5.67. The van der Waals surface area contributed by atoms with E-state index in [1.54, 1.807) is 0 Å². The van der Waals surface area contributed by atoms with E-state index in [-0.39, 0.29) is 12.7 Å². The number of aliphatic hydroxyl groups is 1. The summed E-state index contributed by atoms with van der Waals surface area (Å²) in [5, 5.41) is 11.7. The summed E-state index contributed by atoms with van der Waals surface area (Å²) in [6, 6.07) is 0. The van der Waals surface area contributed by atoms with Crippen molar-refractivity contribution in [2.45, 2.75) is 53.1 Å². The average Bonchev–Trinajstić information content (AvgIpc) is 2.11. The number of aliphatic hydroxyl groups excluding tert-OH is 1. The van der Waals surface area contributed by atoms with E-state index in [4.69, 9.17) is 9.84 Å². The van der Waals surface area contributed by atoms with Crippen LogP contribution in [-0.2, 0) is 4.74 Å². The third kappa shape index (κ3) is 10.1. The van der Waals surface area contributed by atoms with Gasteiger partial charge in [0.2, 0.25) is 0 Å². The van der Waals surface area contributed by atoms with Crippen LogP contribution in [0.25, 0.3) is 0 Å². The van der Waals surface area contributed by atoms with Gasteiger partial charge in [-0.05, 0) is 45.4 Å². The molecule has 1 amide bonds. The molecule has 0 heterocycles. The molecule has 0 aliphatic heterocycles. The standard InChI is InChI=1S/C13H27NO3/c1-10(2)8-11(6-7-15)9-14-12(16)17-13(3,4)5/h10-11,15H,6-9H2,1-5H3,(H,14,16). The van der Waals surface area contributed by atoms with Crippen molar-refractivity contribution in [1.29, 1.82) is 0 Å². The van der Waals surface area contributed by atoms with Gasteiger partial charge in [-0.3, -0.25) is 0 Å². The van der Waals surface area contributed by atoms with Gasteiger partial charge < -0.3 is 15.2 Å². The zero-order valence-electron chi connectivity index (χ0n) is 11.7. The van der Waals surface area contributed by atoms with Gasteiger partial charge in [-0.2, -0.15) is 0 Å². The Balaban J connectivity index is 3.99. The largest absolute Gasteiger partial charge is 0.444 e. The van der Waals surface area contributed by atoms with Crippen molar-refractivity contribution in [3.05, 3.63) is 0 Å². The van der Waals surface area contributed by atoms with E-state index in [0.717, 1.165) is 6.42 Å². The number of rotatable bonds is 6. The molecule has 0 aromatic rings. The van der Waals surface area contributed by atoms with Crippen LogP contribution >= 0.6 is 0 Å². The van der Waals surface area contributed by atoms with E-state index < -0.39 is 5.60 Å². The minimum atomic E-state index is -0.464. The lowest BCUT2D eigenvalue weighted by molar-refractivity contribution is 0.0513. The molecule has 0 aromatic heterocycles. The van der Waals surface area contributed by atoms with Gasteiger partial charge in [0.25, 0.3) is 0 Å². The molecule has 0 aromatic carbocycles. The highest BCUT2D eigenvalue weighted by Crippen LogP contribution is 2.14. The number of carbonyl (C=O) groups is 1. The Bertz CT molecular complexity index is 221. The van der Waals surface area contributed by atoms with Gasteiger partial charge in [-0.25, -0.2) is 4.79 Å². The topological polar surface area (TPSA) is 58.6 Å². The van der Waals surface area contributed by atoms with Crippen molar-refractivity contribution in [1.82, 2.24) is 5.32 Å². The fourth-order valence-electron chi connectivity index (χ4n) is 1.69. The molecule has 17 heavy (non-hydrogen) atoms. The molecule has 0 saturated carbocycles. The van der Waals surface area contributed by atoms with Gasteiger partial charge in [0.1, 0.15) is 5.60 Å². The van der Waals surface area contributed by atoms with Crippen LogP contribution < -0.4 is 5.32 Å². The Morgan fingerprint density at radius 3 is 2.35 bits per heavy atom. The zero-order chi connectivity index (χ0) is 13.5. The molecule has 0 fully saturated rings. The van der Waals surface area contributed by atoms with Gasteiger partial charge in [-0.15, -0.1) is 0 Å². The minimum Gasteiger partial charge on any atom is -0.444 e. The maximum atomic E-state index is 11.5. The molecule has 0 spiro atoms. The Labute approximate surface area is 105 Å². The summed E-state index contributed by atoms with van der Waals surface area (Å²) in [5.74, 6) is 0.875. The third-order valence-corrected chi connectivity index (χ3v) is 2.28. The highest BCUT2D eigenvalue weighted by atomic mass is 16.6. The van der Waals surface area contributed by atoms with E-state index in [9.17, 15) is 4.79 Å². The van der Waals surface area contributed by atoms with Gasteiger partial charge >= 0.3 is 6.09 Å². The monoisotopic (exact) mass is 245 g/mol. The third-order valence-electron chi connectivity index (χ3n) is 2.28. The minimum absolute atomic E-state index is 0.160. The van der Waals surface area contributed by atoms with Crippen molar-refractivity contribution >= 4 is 6.09 Å². The van der Waals surface area contributed by atoms with Crippen molar-refractivity contribution < 1.29 is 14.6 Å². The van der Waals surface area contributed by atoms with Gasteiger partial charge in [0.05, 0.1) is 0 Å². The van der Waals surface area contributed by atoms with Crippen molar-refractivity contribution in [2.75, 3.05) is 13.2 Å².